The van der Waals surface area contributed by atoms with Crippen LogP contribution in [-0.4, -0.2) is 25.3 Å². The molecule has 0 aliphatic carbocycles. The fourth-order valence-corrected chi connectivity index (χ4v) is 2.17. The van der Waals surface area contributed by atoms with Crippen molar-refractivity contribution in [3.63, 3.8) is 0 Å². The third-order valence-electron chi connectivity index (χ3n) is 3.02. The number of nitrogens with two attached hydrogens (primary N) is 1. The Hall–Kier alpha value is -2.06. The number of carbonyl (C=O) groups excluding carboxylic acids is 1. The van der Waals surface area contributed by atoms with Crippen molar-refractivity contribution >= 4 is 11.8 Å². The molecule has 1 amide bonds. The van der Waals surface area contributed by atoms with E-state index in [1.165, 1.54) is 0 Å². The highest BCUT2D eigenvalue weighted by atomic mass is 16.6. The van der Waals surface area contributed by atoms with Gasteiger partial charge in [-0.1, -0.05) is 12.1 Å². The number of amides is 1. The van der Waals surface area contributed by atoms with Crippen molar-refractivity contribution in [3.05, 3.63) is 29.8 Å². The minimum Gasteiger partial charge on any atom is -0.449 e. The minimum atomic E-state index is -0.401. The first-order chi connectivity index (χ1) is 8.77. The van der Waals surface area contributed by atoms with Gasteiger partial charge >= 0.3 is 6.09 Å². The summed E-state index contributed by atoms with van der Waals surface area (Å²) in [4.78, 5) is 13.5. The molecule has 94 valence electrons. The number of nitrogens with zero attached hydrogens (tertiary/aromatic N) is 2. The van der Waals surface area contributed by atoms with Crippen molar-refractivity contribution in [3.8, 4) is 6.07 Å². The second kappa shape index (κ2) is 5.52. The number of hydrogen-bond acceptors (Lipinski definition) is 4. The molecule has 1 heterocycles. The van der Waals surface area contributed by atoms with E-state index in [1.807, 2.05) is 0 Å². The van der Waals surface area contributed by atoms with Crippen LogP contribution in [0.1, 0.15) is 18.4 Å². The second-order valence-electron chi connectivity index (χ2n) is 4.13. The van der Waals surface area contributed by atoms with E-state index in [9.17, 15) is 4.79 Å². The Labute approximate surface area is 106 Å². The highest BCUT2D eigenvalue weighted by Gasteiger charge is 2.31. The monoisotopic (exact) mass is 245 g/mol. The molecular weight excluding hydrogens is 230 g/mol. The third kappa shape index (κ3) is 2.29. The third-order valence-corrected chi connectivity index (χ3v) is 3.02. The van der Waals surface area contributed by atoms with Gasteiger partial charge < -0.3 is 10.5 Å². The zero-order chi connectivity index (χ0) is 13.0. The number of para-hydroxylation sites is 1. The van der Waals surface area contributed by atoms with Crippen molar-refractivity contribution in [2.75, 3.05) is 18.1 Å². The number of carbonyl (C=O) groups is 1. The highest BCUT2D eigenvalue weighted by molar-refractivity contribution is 5.90. The Morgan fingerprint density at radius 3 is 3.00 bits per heavy atom. The maximum atomic E-state index is 11.9. The number of rotatable bonds is 3. The number of nitriles is 1. The maximum absolute atomic E-state index is 11.9. The molecule has 2 N–H and O–H groups in total. The first-order valence-corrected chi connectivity index (χ1v) is 5.93. The van der Waals surface area contributed by atoms with Gasteiger partial charge in [0.05, 0.1) is 17.9 Å². The topological polar surface area (TPSA) is 79.3 Å². The van der Waals surface area contributed by atoms with Crippen molar-refractivity contribution in [2.24, 2.45) is 5.73 Å². The molecule has 1 aromatic carbocycles. The Balaban J connectivity index is 2.38. The van der Waals surface area contributed by atoms with Crippen LogP contribution in [0.5, 0.6) is 0 Å². The number of cyclic esters (lactones) is 1. The van der Waals surface area contributed by atoms with E-state index in [0.29, 0.717) is 30.8 Å². The van der Waals surface area contributed by atoms with Crippen LogP contribution in [-0.2, 0) is 4.74 Å². The average molecular weight is 245 g/mol. The summed E-state index contributed by atoms with van der Waals surface area (Å²) in [5.41, 5.74) is 6.64. The van der Waals surface area contributed by atoms with Gasteiger partial charge in [0.2, 0.25) is 0 Å². The molecule has 1 fully saturated rings. The Morgan fingerprint density at radius 2 is 2.28 bits per heavy atom. The predicted molar refractivity (Wildman–Crippen MR) is 67.1 cm³/mol. The van der Waals surface area contributed by atoms with Crippen LogP contribution < -0.4 is 10.6 Å². The van der Waals surface area contributed by atoms with E-state index in [0.717, 1.165) is 6.42 Å². The molecule has 5 heteroatoms. The van der Waals surface area contributed by atoms with E-state index < -0.39 is 6.09 Å². The lowest BCUT2D eigenvalue weighted by molar-refractivity contribution is 0.128. The molecule has 1 atom stereocenters. The zero-order valence-electron chi connectivity index (χ0n) is 10.0. The van der Waals surface area contributed by atoms with Gasteiger partial charge in [-0.05, 0) is 25.1 Å². The van der Waals surface area contributed by atoms with Crippen LogP contribution in [0.2, 0.25) is 0 Å². The summed E-state index contributed by atoms with van der Waals surface area (Å²) in [7, 11) is 0. The van der Waals surface area contributed by atoms with E-state index in [4.69, 9.17) is 15.7 Å². The quantitative estimate of drug-likeness (QED) is 0.877. The molecule has 1 aromatic rings. The Kier molecular flexibility index (Phi) is 3.80. The van der Waals surface area contributed by atoms with Gasteiger partial charge in [-0.25, -0.2) is 4.79 Å². The molecule has 0 aromatic heterocycles. The first-order valence-electron chi connectivity index (χ1n) is 5.93. The molecule has 1 aliphatic heterocycles. The van der Waals surface area contributed by atoms with E-state index in [2.05, 4.69) is 6.07 Å². The van der Waals surface area contributed by atoms with E-state index >= 15 is 0 Å². The lowest BCUT2D eigenvalue weighted by Crippen LogP contribution is -2.47. The smallest absolute Gasteiger partial charge is 0.414 e. The number of hydrogen-bond donors (Lipinski definition) is 1. The van der Waals surface area contributed by atoms with Crippen LogP contribution in [0.25, 0.3) is 0 Å². The van der Waals surface area contributed by atoms with Gasteiger partial charge in [0.1, 0.15) is 6.07 Å². The van der Waals surface area contributed by atoms with Crippen molar-refractivity contribution in [1.82, 2.24) is 0 Å². The summed E-state index contributed by atoms with van der Waals surface area (Å²) in [5, 5.41) is 9.10. The molecule has 18 heavy (non-hydrogen) atoms. The SMILES string of the molecule is N#Cc1ccccc1N1C(=O)OCCC1CCN. The van der Waals surface area contributed by atoms with Crippen LogP contribution in [0.3, 0.4) is 0 Å². The van der Waals surface area contributed by atoms with Gasteiger partial charge in [0.15, 0.2) is 0 Å². The van der Waals surface area contributed by atoms with Gasteiger partial charge in [-0.2, -0.15) is 5.26 Å². The molecule has 0 bridgehead atoms. The van der Waals surface area contributed by atoms with E-state index in [1.54, 1.807) is 29.2 Å². The minimum absolute atomic E-state index is 0.00532. The number of anilines is 1. The molecule has 2 rings (SSSR count). The lowest BCUT2D eigenvalue weighted by atomic mass is 10.1. The second-order valence-corrected chi connectivity index (χ2v) is 4.13. The summed E-state index contributed by atoms with van der Waals surface area (Å²) in [6, 6.07) is 9.13. The molecule has 1 unspecified atom stereocenters. The van der Waals surface area contributed by atoms with Gasteiger partial charge in [-0.3, -0.25) is 4.90 Å². The van der Waals surface area contributed by atoms with Gasteiger partial charge in [-0.15, -0.1) is 0 Å². The largest absolute Gasteiger partial charge is 0.449 e. The molecule has 1 aliphatic rings. The van der Waals surface area contributed by atoms with E-state index in [-0.39, 0.29) is 6.04 Å². The molecule has 0 radical (unpaired) electrons. The molecule has 0 spiro atoms. The van der Waals surface area contributed by atoms with Crippen LogP contribution >= 0.6 is 0 Å². The summed E-state index contributed by atoms with van der Waals surface area (Å²) in [5.74, 6) is 0. The molecule has 1 saturated heterocycles. The Morgan fingerprint density at radius 1 is 1.50 bits per heavy atom. The van der Waals surface area contributed by atoms with Crippen molar-refractivity contribution < 1.29 is 9.53 Å². The molecular formula is C13H15N3O2. The number of ether oxygens (including phenoxy) is 1. The van der Waals surface area contributed by atoms with Crippen molar-refractivity contribution in [2.45, 2.75) is 18.9 Å². The predicted octanol–water partition coefficient (Wildman–Crippen LogP) is 1.62. The normalized spacial score (nSPS) is 19.2. The van der Waals surface area contributed by atoms with Crippen LogP contribution in [0.15, 0.2) is 24.3 Å². The average Bonchev–Trinajstić information content (AvgIpc) is 2.39. The zero-order valence-corrected chi connectivity index (χ0v) is 10.0. The van der Waals surface area contributed by atoms with Crippen LogP contribution in [0, 0.1) is 11.3 Å². The summed E-state index contributed by atoms with van der Waals surface area (Å²) in [6.07, 6.45) is 1.04. The fourth-order valence-electron chi connectivity index (χ4n) is 2.17. The standard InChI is InChI=1S/C13H15N3O2/c14-7-5-11-6-8-18-13(17)16(11)12-4-2-1-3-10(12)9-15/h1-4,11H,5-8,14H2. The summed E-state index contributed by atoms with van der Waals surface area (Å²) < 4.78 is 5.06. The van der Waals surface area contributed by atoms with Gasteiger partial charge in [0.25, 0.3) is 0 Å². The Bertz CT molecular complexity index is 479. The molecule has 0 saturated carbocycles. The fraction of sp³-hybridized carbons (Fsp3) is 0.385. The summed E-state index contributed by atoms with van der Waals surface area (Å²) >= 11 is 0. The first kappa shape index (κ1) is 12.4. The van der Waals surface area contributed by atoms with Crippen molar-refractivity contribution in [1.29, 1.82) is 5.26 Å². The number of benzene rings is 1. The summed E-state index contributed by atoms with van der Waals surface area (Å²) in [6.45, 7) is 0.915. The van der Waals surface area contributed by atoms with Gasteiger partial charge in [0, 0.05) is 12.5 Å². The maximum Gasteiger partial charge on any atom is 0.414 e. The molecule has 5 nitrogen and oxygen atoms in total. The van der Waals surface area contributed by atoms with Crippen LogP contribution in [0.4, 0.5) is 10.5 Å². The lowest BCUT2D eigenvalue weighted by Gasteiger charge is -2.35. The highest BCUT2D eigenvalue weighted by Crippen LogP contribution is 2.27.